The molecule has 0 unspecified atom stereocenters. The zero-order valence-corrected chi connectivity index (χ0v) is 12.6. The summed E-state index contributed by atoms with van der Waals surface area (Å²) in [5, 5.41) is 0. The third-order valence-corrected chi connectivity index (χ3v) is 3.65. The maximum atomic E-state index is 5.35. The van der Waals surface area contributed by atoms with Crippen LogP contribution >= 0.6 is 28.1 Å². The highest BCUT2D eigenvalue weighted by atomic mass is 79.9. The van der Waals surface area contributed by atoms with Gasteiger partial charge in [0.1, 0.15) is 0 Å². The second-order valence-electron chi connectivity index (χ2n) is 4.35. The smallest absolute Gasteiger partial charge is 0.179 e. The third-order valence-electron chi connectivity index (χ3n) is 2.89. The second kappa shape index (κ2) is 4.86. The van der Waals surface area contributed by atoms with E-state index >= 15 is 0 Å². The Bertz CT molecular complexity index is 789. The Kier molecular flexibility index (Phi) is 3.20. The van der Waals surface area contributed by atoms with Crippen molar-refractivity contribution in [3.8, 4) is 0 Å². The van der Waals surface area contributed by atoms with Gasteiger partial charge in [-0.3, -0.25) is 9.55 Å². The van der Waals surface area contributed by atoms with Gasteiger partial charge in [-0.2, -0.15) is 0 Å². The minimum Gasteiger partial charge on any atom is -0.329 e. The molecule has 0 spiro atoms. The summed E-state index contributed by atoms with van der Waals surface area (Å²) in [4.78, 5) is 11.9. The molecule has 0 bridgehead atoms. The molecule has 6 heteroatoms. The maximum Gasteiger partial charge on any atom is 0.179 e. The first-order valence-electron chi connectivity index (χ1n) is 5.79. The Balaban J connectivity index is 2.07. The average Bonchev–Trinajstić information content (AvgIpc) is 2.68. The van der Waals surface area contributed by atoms with Gasteiger partial charge in [-0.05, 0) is 52.8 Å². The second-order valence-corrected chi connectivity index (χ2v) is 5.65. The van der Waals surface area contributed by atoms with Gasteiger partial charge in [0.2, 0.25) is 0 Å². The highest BCUT2D eigenvalue weighted by Gasteiger charge is 2.07. The van der Waals surface area contributed by atoms with E-state index in [0.717, 1.165) is 26.9 Å². The fraction of sp³-hybridized carbons (Fsp3) is 0.154. The van der Waals surface area contributed by atoms with E-state index in [2.05, 4.69) is 36.9 Å². The highest BCUT2D eigenvalue weighted by molar-refractivity contribution is 9.10. The minimum atomic E-state index is 0.667. The molecule has 0 fully saturated rings. The molecular weight excluding hydrogens is 324 g/mol. The van der Waals surface area contributed by atoms with Gasteiger partial charge in [-0.15, -0.1) is 0 Å². The first-order valence-corrected chi connectivity index (χ1v) is 6.99. The third kappa shape index (κ3) is 2.46. The maximum absolute atomic E-state index is 5.35. The van der Waals surface area contributed by atoms with E-state index in [4.69, 9.17) is 12.2 Å². The number of aryl methyl sites for hydroxylation is 1. The van der Waals surface area contributed by atoms with Crippen LogP contribution in [0.2, 0.25) is 0 Å². The molecule has 96 valence electrons. The van der Waals surface area contributed by atoms with Crippen LogP contribution in [0.25, 0.3) is 11.2 Å². The van der Waals surface area contributed by atoms with Gasteiger partial charge in [-0.25, -0.2) is 4.98 Å². The number of nitrogens with zero attached hydrogens (tertiary/aromatic N) is 3. The van der Waals surface area contributed by atoms with Crippen molar-refractivity contribution >= 4 is 39.3 Å². The van der Waals surface area contributed by atoms with Crippen LogP contribution in [0.5, 0.6) is 0 Å². The summed E-state index contributed by atoms with van der Waals surface area (Å²) in [6, 6.07) is 6.03. The van der Waals surface area contributed by atoms with Crippen molar-refractivity contribution < 1.29 is 0 Å². The van der Waals surface area contributed by atoms with Crippen LogP contribution in [-0.2, 0) is 6.54 Å². The SMILES string of the molecule is Cc1ccc(Cn2c(=S)[nH]c3cc(Br)cnc32)cn1. The van der Waals surface area contributed by atoms with E-state index in [1.165, 1.54) is 0 Å². The number of hydrogen-bond acceptors (Lipinski definition) is 3. The predicted octanol–water partition coefficient (Wildman–Crippen LogP) is 3.61. The van der Waals surface area contributed by atoms with E-state index < -0.39 is 0 Å². The molecule has 3 aromatic heterocycles. The van der Waals surface area contributed by atoms with Crippen molar-refractivity contribution in [2.24, 2.45) is 0 Å². The Labute approximate surface area is 123 Å². The number of imidazole rings is 1. The summed E-state index contributed by atoms with van der Waals surface area (Å²) in [5.41, 5.74) is 3.90. The van der Waals surface area contributed by atoms with Crippen LogP contribution in [0.3, 0.4) is 0 Å². The van der Waals surface area contributed by atoms with Gasteiger partial charge in [0, 0.05) is 22.6 Å². The van der Waals surface area contributed by atoms with E-state index in [1.54, 1.807) is 6.20 Å². The van der Waals surface area contributed by atoms with E-state index in [1.807, 2.05) is 29.8 Å². The summed E-state index contributed by atoms with van der Waals surface area (Å²) >= 11 is 8.76. The topological polar surface area (TPSA) is 46.5 Å². The Morgan fingerprint density at radius 3 is 2.89 bits per heavy atom. The number of rotatable bonds is 2. The molecule has 0 saturated carbocycles. The molecule has 0 amide bonds. The molecule has 3 rings (SSSR count). The molecule has 0 aliphatic carbocycles. The molecule has 0 aromatic carbocycles. The van der Waals surface area contributed by atoms with Gasteiger partial charge in [0.15, 0.2) is 10.4 Å². The molecule has 0 radical (unpaired) electrons. The fourth-order valence-corrected chi connectivity index (χ4v) is 2.53. The Morgan fingerprint density at radius 1 is 1.32 bits per heavy atom. The van der Waals surface area contributed by atoms with Crippen LogP contribution < -0.4 is 0 Å². The van der Waals surface area contributed by atoms with Crippen molar-refractivity contribution in [2.45, 2.75) is 13.5 Å². The lowest BCUT2D eigenvalue weighted by atomic mass is 10.2. The number of H-pyrrole nitrogens is 1. The molecule has 0 saturated heterocycles. The molecule has 1 N–H and O–H groups in total. The highest BCUT2D eigenvalue weighted by Crippen LogP contribution is 2.18. The molecule has 3 aromatic rings. The van der Waals surface area contributed by atoms with Crippen molar-refractivity contribution in [3.63, 3.8) is 0 Å². The summed E-state index contributed by atoms with van der Waals surface area (Å²) < 4.78 is 3.57. The van der Waals surface area contributed by atoms with Crippen molar-refractivity contribution in [1.82, 2.24) is 19.5 Å². The zero-order valence-electron chi connectivity index (χ0n) is 10.2. The van der Waals surface area contributed by atoms with E-state index in [-0.39, 0.29) is 0 Å². The van der Waals surface area contributed by atoms with Crippen molar-refractivity contribution in [3.05, 3.63) is 51.1 Å². The van der Waals surface area contributed by atoms with Gasteiger partial charge in [-0.1, -0.05) is 6.07 Å². The summed E-state index contributed by atoms with van der Waals surface area (Å²) in [6.45, 7) is 2.64. The van der Waals surface area contributed by atoms with Crippen molar-refractivity contribution in [1.29, 1.82) is 0 Å². The van der Waals surface area contributed by atoms with Gasteiger partial charge < -0.3 is 4.98 Å². The quantitative estimate of drug-likeness (QED) is 0.728. The number of aromatic amines is 1. The van der Waals surface area contributed by atoms with Gasteiger partial charge in [0.05, 0.1) is 12.1 Å². The lowest BCUT2D eigenvalue weighted by molar-refractivity contribution is 0.795. The van der Waals surface area contributed by atoms with Gasteiger partial charge >= 0.3 is 0 Å². The van der Waals surface area contributed by atoms with Crippen LogP contribution in [0.1, 0.15) is 11.3 Å². The molecular formula is C13H11BrN4S. The summed E-state index contributed by atoms with van der Waals surface area (Å²) in [7, 11) is 0. The normalized spacial score (nSPS) is 11.1. The lowest BCUT2D eigenvalue weighted by Crippen LogP contribution is -2.01. The molecule has 0 atom stereocenters. The predicted molar refractivity (Wildman–Crippen MR) is 80.7 cm³/mol. The largest absolute Gasteiger partial charge is 0.329 e. The standard InChI is InChI=1S/C13H11BrN4S/c1-8-2-3-9(5-15-8)7-18-12-11(17-13(18)19)4-10(14)6-16-12/h2-6H,7H2,1H3,(H,17,19). The molecule has 19 heavy (non-hydrogen) atoms. The van der Waals surface area contributed by atoms with E-state index in [0.29, 0.717) is 11.3 Å². The number of aromatic nitrogens is 4. The summed E-state index contributed by atoms with van der Waals surface area (Å²) in [6.07, 6.45) is 3.64. The Morgan fingerprint density at radius 2 is 2.16 bits per heavy atom. The first kappa shape index (κ1) is 12.5. The fourth-order valence-electron chi connectivity index (χ4n) is 1.94. The Hall–Kier alpha value is -1.53. The first-order chi connectivity index (χ1) is 9.13. The number of halogens is 1. The molecule has 0 aliphatic rings. The average molecular weight is 335 g/mol. The molecule has 4 nitrogen and oxygen atoms in total. The number of nitrogens with one attached hydrogen (secondary N) is 1. The van der Waals surface area contributed by atoms with Crippen LogP contribution in [0.15, 0.2) is 35.1 Å². The van der Waals surface area contributed by atoms with Crippen molar-refractivity contribution in [2.75, 3.05) is 0 Å². The summed E-state index contributed by atoms with van der Waals surface area (Å²) in [5.74, 6) is 0. The monoisotopic (exact) mass is 334 g/mol. The number of hydrogen-bond donors (Lipinski definition) is 1. The van der Waals surface area contributed by atoms with E-state index in [9.17, 15) is 0 Å². The lowest BCUT2D eigenvalue weighted by Gasteiger charge is -2.04. The van der Waals surface area contributed by atoms with Crippen LogP contribution in [0.4, 0.5) is 0 Å². The number of pyridine rings is 2. The molecule has 3 heterocycles. The minimum absolute atomic E-state index is 0.667. The number of fused-ring (bicyclic) bond motifs is 1. The zero-order chi connectivity index (χ0) is 13.4. The van der Waals surface area contributed by atoms with Gasteiger partial charge in [0.25, 0.3) is 0 Å². The van der Waals surface area contributed by atoms with Crippen LogP contribution in [-0.4, -0.2) is 19.5 Å². The molecule has 0 aliphatic heterocycles. The van der Waals surface area contributed by atoms with Crippen LogP contribution in [0, 0.1) is 11.7 Å².